The van der Waals surface area contributed by atoms with Crippen LogP contribution < -0.4 is 11.1 Å². The highest BCUT2D eigenvalue weighted by Crippen LogP contribution is 2.32. The second-order valence-corrected chi connectivity index (χ2v) is 5.98. The maximum atomic E-state index is 13.2. The fraction of sp³-hybridized carbons (Fsp3) is 0.0625. The first-order valence-electron chi connectivity index (χ1n) is 6.41. The quantitative estimate of drug-likeness (QED) is 0.494. The van der Waals surface area contributed by atoms with E-state index in [1.807, 2.05) is 25.1 Å². The smallest absolute Gasteiger partial charge is 0.124 e. The second-order valence-electron chi connectivity index (χ2n) is 4.82. The maximum Gasteiger partial charge on any atom is 0.124 e. The van der Waals surface area contributed by atoms with Crippen molar-refractivity contribution in [3.63, 3.8) is 0 Å². The third-order valence-corrected chi connectivity index (χ3v) is 4.16. The number of nitrogens with one attached hydrogen (secondary N) is 1. The average molecular weight is 393 g/mol. The molecule has 0 fully saturated rings. The van der Waals surface area contributed by atoms with Gasteiger partial charge in [-0.3, -0.25) is 4.98 Å². The maximum absolute atomic E-state index is 13.2. The van der Waals surface area contributed by atoms with Crippen LogP contribution in [0.4, 0.5) is 21.5 Å². The number of benzene rings is 2. The van der Waals surface area contributed by atoms with Crippen LogP contribution in [0.5, 0.6) is 0 Å². The molecule has 106 valence electrons. The second kappa shape index (κ2) is 5.48. The van der Waals surface area contributed by atoms with Crippen LogP contribution in [0.3, 0.4) is 0 Å². The number of nitrogen functional groups attached to an aromatic ring is 1. The Morgan fingerprint density at radius 3 is 2.62 bits per heavy atom. The topological polar surface area (TPSA) is 50.9 Å². The van der Waals surface area contributed by atoms with Crippen LogP contribution >= 0.6 is 22.6 Å². The van der Waals surface area contributed by atoms with Gasteiger partial charge in [-0.2, -0.15) is 0 Å². The fourth-order valence-electron chi connectivity index (χ4n) is 2.21. The van der Waals surface area contributed by atoms with Gasteiger partial charge in [0, 0.05) is 37.6 Å². The molecule has 3 nitrogen and oxygen atoms in total. The number of aromatic nitrogens is 1. The van der Waals surface area contributed by atoms with Crippen molar-refractivity contribution in [1.82, 2.24) is 4.98 Å². The van der Waals surface area contributed by atoms with Crippen molar-refractivity contribution in [2.24, 2.45) is 0 Å². The zero-order valence-corrected chi connectivity index (χ0v) is 13.5. The van der Waals surface area contributed by atoms with E-state index in [1.165, 1.54) is 12.1 Å². The minimum absolute atomic E-state index is 0.243. The summed E-state index contributed by atoms with van der Waals surface area (Å²) in [7, 11) is 0. The molecule has 0 bridgehead atoms. The molecule has 0 spiro atoms. The molecule has 0 aliphatic rings. The Balaban J connectivity index is 2.12. The molecule has 2 aromatic carbocycles. The number of hydrogen-bond acceptors (Lipinski definition) is 3. The van der Waals surface area contributed by atoms with Crippen molar-refractivity contribution in [2.75, 3.05) is 11.1 Å². The fourth-order valence-corrected chi connectivity index (χ4v) is 2.82. The molecule has 0 aliphatic carbocycles. The lowest BCUT2D eigenvalue weighted by Crippen LogP contribution is -1.97. The summed E-state index contributed by atoms with van der Waals surface area (Å²) in [5, 5.41) is 5.25. The van der Waals surface area contributed by atoms with Crippen LogP contribution in [0.25, 0.3) is 10.8 Å². The molecule has 0 aliphatic heterocycles. The first kappa shape index (κ1) is 14.1. The first-order chi connectivity index (χ1) is 10.0. The highest BCUT2D eigenvalue weighted by molar-refractivity contribution is 14.1. The van der Waals surface area contributed by atoms with E-state index in [0.29, 0.717) is 5.69 Å². The number of pyridine rings is 1. The monoisotopic (exact) mass is 393 g/mol. The molecule has 0 atom stereocenters. The lowest BCUT2D eigenvalue weighted by atomic mass is 10.1. The predicted octanol–water partition coefficient (Wildman–Crippen LogP) is 4.61. The molecule has 0 unspecified atom stereocenters. The summed E-state index contributed by atoms with van der Waals surface area (Å²) in [5.41, 5.74) is 9.40. The number of fused-ring (bicyclic) bond motifs is 1. The Hall–Kier alpha value is -1.89. The van der Waals surface area contributed by atoms with E-state index < -0.39 is 0 Å². The zero-order valence-electron chi connectivity index (χ0n) is 11.3. The largest absolute Gasteiger partial charge is 0.398 e. The molecule has 3 rings (SSSR count). The van der Waals surface area contributed by atoms with Gasteiger partial charge in [-0.1, -0.05) is 0 Å². The number of aryl methyl sites for hydroxylation is 1. The van der Waals surface area contributed by atoms with Gasteiger partial charge in [0.1, 0.15) is 5.82 Å². The Morgan fingerprint density at radius 2 is 1.86 bits per heavy atom. The van der Waals surface area contributed by atoms with Crippen molar-refractivity contribution in [2.45, 2.75) is 6.92 Å². The number of rotatable bonds is 2. The van der Waals surface area contributed by atoms with Gasteiger partial charge in [0.15, 0.2) is 0 Å². The van der Waals surface area contributed by atoms with Gasteiger partial charge in [0.05, 0.1) is 5.69 Å². The van der Waals surface area contributed by atoms with Gasteiger partial charge < -0.3 is 11.1 Å². The van der Waals surface area contributed by atoms with E-state index in [4.69, 9.17) is 5.73 Å². The van der Waals surface area contributed by atoms with Crippen molar-refractivity contribution >= 4 is 50.4 Å². The molecular formula is C16H13FIN3. The summed E-state index contributed by atoms with van der Waals surface area (Å²) in [5.74, 6) is -0.243. The Bertz CT molecular complexity index is 833. The highest BCUT2D eigenvalue weighted by Gasteiger charge is 2.08. The van der Waals surface area contributed by atoms with E-state index in [9.17, 15) is 4.39 Å². The lowest BCUT2D eigenvalue weighted by Gasteiger charge is -2.13. The van der Waals surface area contributed by atoms with Crippen molar-refractivity contribution in [3.8, 4) is 0 Å². The summed E-state index contributed by atoms with van der Waals surface area (Å²) in [6.45, 7) is 1.94. The number of anilines is 3. The summed E-state index contributed by atoms with van der Waals surface area (Å²) < 4.78 is 14.0. The van der Waals surface area contributed by atoms with E-state index in [1.54, 1.807) is 12.3 Å². The molecule has 5 heteroatoms. The number of nitrogens with zero attached hydrogens (tertiary/aromatic N) is 1. The summed E-state index contributed by atoms with van der Waals surface area (Å²) >= 11 is 2.11. The van der Waals surface area contributed by atoms with Crippen LogP contribution in [0.1, 0.15) is 5.69 Å². The molecule has 1 aromatic heterocycles. The third kappa shape index (κ3) is 2.78. The Morgan fingerprint density at radius 1 is 1.10 bits per heavy atom. The average Bonchev–Trinajstić information content (AvgIpc) is 2.44. The minimum atomic E-state index is -0.243. The van der Waals surface area contributed by atoms with Crippen LogP contribution in [0, 0.1) is 16.3 Å². The van der Waals surface area contributed by atoms with Gasteiger partial charge in [0.2, 0.25) is 0 Å². The molecule has 3 aromatic rings. The number of halogens is 2. The van der Waals surface area contributed by atoms with E-state index >= 15 is 0 Å². The van der Waals surface area contributed by atoms with Gasteiger partial charge in [-0.25, -0.2) is 4.39 Å². The summed E-state index contributed by atoms with van der Waals surface area (Å²) in [6.07, 6.45) is 1.78. The SMILES string of the molecule is Cc1cc2c(Nc3ccc(F)cc3I)ccc(N)c2cn1. The van der Waals surface area contributed by atoms with E-state index in [2.05, 4.69) is 32.9 Å². The highest BCUT2D eigenvalue weighted by atomic mass is 127. The van der Waals surface area contributed by atoms with Gasteiger partial charge in [-0.15, -0.1) is 0 Å². The molecule has 3 N–H and O–H groups in total. The predicted molar refractivity (Wildman–Crippen MR) is 93.3 cm³/mol. The first-order valence-corrected chi connectivity index (χ1v) is 7.49. The van der Waals surface area contributed by atoms with Gasteiger partial charge in [-0.05, 0) is 65.9 Å². The molecule has 0 amide bonds. The molecule has 0 saturated heterocycles. The van der Waals surface area contributed by atoms with Crippen molar-refractivity contribution < 1.29 is 4.39 Å². The van der Waals surface area contributed by atoms with Gasteiger partial charge in [0.25, 0.3) is 0 Å². The summed E-state index contributed by atoms with van der Waals surface area (Å²) in [6, 6.07) is 10.4. The number of nitrogens with two attached hydrogens (primary N) is 1. The van der Waals surface area contributed by atoms with Crippen molar-refractivity contribution in [3.05, 3.63) is 57.7 Å². The molecule has 21 heavy (non-hydrogen) atoms. The third-order valence-electron chi connectivity index (χ3n) is 3.27. The molecular weight excluding hydrogens is 380 g/mol. The normalized spacial score (nSPS) is 10.8. The Kier molecular flexibility index (Phi) is 3.67. The van der Waals surface area contributed by atoms with E-state index in [0.717, 1.165) is 31.4 Å². The van der Waals surface area contributed by atoms with Crippen LogP contribution in [-0.4, -0.2) is 4.98 Å². The zero-order chi connectivity index (χ0) is 15.0. The van der Waals surface area contributed by atoms with Crippen LogP contribution in [-0.2, 0) is 0 Å². The standard InChI is InChI=1S/C16H13FIN3/c1-9-6-11-12(8-20-9)14(19)3-5-15(11)21-16-4-2-10(17)7-13(16)18/h2-8,21H,19H2,1H3. The molecule has 0 radical (unpaired) electrons. The van der Waals surface area contributed by atoms with Crippen LogP contribution in [0.2, 0.25) is 0 Å². The Labute approximate surface area is 135 Å². The van der Waals surface area contributed by atoms with Gasteiger partial charge >= 0.3 is 0 Å². The minimum Gasteiger partial charge on any atom is -0.398 e. The van der Waals surface area contributed by atoms with Crippen molar-refractivity contribution in [1.29, 1.82) is 0 Å². The molecule has 1 heterocycles. The lowest BCUT2D eigenvalue weighted by molar-refractivity contribution is 0.627. The number of hydrogen-bond donors (Lipinski definition) is 2. The van der Waals surface area contributed by atoms with E-state index in [-0.39, 0.29) is 5.82 Å². The summed E-state index contributed by atoms with van der Waals surface area (Å²) in [4.78, 5) is 4.29. The van der Waals surface area contributed by atoms with Crippen LogP contribution in [0.15, 0.2) is 42.6 Å². The molecule has 0 saturated carbocycles.